The Kier molecular flexibility index (Phi) is 3.19. The van der Waals surface area contributed by atoms with Gasteiger partial charge < -0.3 is 9.52 Å². The van der Waals surface area contributed by atoms with Gasteiger partial charge in [0, 0.05) is 12.2 Å². The minimum absolute atomic E-state index is 0.0267. The summed E-state index contributed by atoms with van der Waals surface area (Å²) in [5.74, 6) is -0.862. The first-order valence-corrected chi connectivity index (χ1v) is 5.85. The number of carboxylic acids is 1. The van der Waals surface area contributed by atoms with Crippen LogP contribution in [0.25, 0.3) is 0 Å². The van der Waals surface area contributed by atoms with Gasteiger partial charge in [0.2, 0.25) is 5.91 Å². The van der Waals surface area contributed by atoms with E-state index in [-0.39, 0.29) is 35.4 Å². The Labute approximate surface area is 101 Å². The van der Waals surface area contributed by atoms with E-state index in [0.29, 0.717) is 5.75 Å². The maximum Gasteiger partial charge on any atom is 0.339 e. The fourth-order valence-electron chi connectivity index (χ4n) is 1.49. The van der Waals surface area contributed by atoms with E-state index in [9.17, 15) is 14.4 Å². The number of rotatable bonds is 3. The molecule has 1 saturated heterocycles. The van der Waals surface area contributed by atoms with E-state index in [4.69, 9.17) is 9.52 Å². The van der Waals surface area contributed by atoms with Crippen LogP contribution in [0.3, 0.4) is 0 Å². The molecule has 2 rings (SSSR count). The molecule has 7 heteroatoms. The predicted molar refractivity (Wildman–Crippen MR) is 58.7 cm³/mol. The van der Waals surface area contributed by atoms with E-state index in [0.717, 1.165) is 16.7 Å². The highest BCUT2D eigenvalue weighted by molar-refractivity contribution is 8.13. The van der Waals surface area contributed by atoms with Crippen LogP contribution < -0.4 is 0 Å². The zero-order chi connectivity index (χ0) is 12.4. The molecular weight excluding hydrogens is 246 g/mol. The van der Waals surface area contributed by atoms with Gasteiger partial charge in [-0.1, -0.05) is 11.8 Å². The van der Waals surface area contributed by atoms with Crippen molar-refractivity contribution in [3.8, 4) is 0 Å². The second-order valence-corrected chi connectivity index (χ2v) is 4.45. The molecule has 0 bridgehead atoms. The molecular formula is C10H9NO5S. The maximum atomic E-state index is 11.5. The lowest BCUT2D eigenvalue weighted by Crippen LogP contribution is -2.37. The molecule has 1 aliphatic heterocycles. The van der Waals surface area contributed by atoms with Gasteiger partial charge in [-0.3, -0.25) is 14.5 Å². The molecule has 1 aromatic heterocycles. The van der Waals surface area contributed by atoms with Gasteiger partial charge in [-0.05, 0) is 6.07 Å². The molecule has 1 aliphatic rings. The van der Waals surface area contributed by atoms with Gasteiger partial charge >= 0.3 is 5.97 Å². The van der Waals surface area contributed by atoms with Crippen LogP contribution in [0.2, 0.25) is 0 Å². The predicted octanol–water partition coefficient (Wildman–Crippen LogP) is 1.56. The third kappa shape index (κ3) is 2.33. The Morgan fingerprint density at radius 2 is 2.29 bits per heavy atom. The van der Waals surface area contributed by atoms with E-state index in [1.807, 2.05) is 0 Å². The molecule has 1 fully saturated rings. The van der Waals surface area contributed by atoms with Gasteiger partial charge in [0.05, 0.1) is 12.8 Å². The average Bonchev–Trinajstić information content (AvgIpc) is 2.72. The zero-order valence-corrected chi connectivity index (χ0v) is 9.53. The molecule has 1 N–H and O–H groups in total. The molecule has 0 spiro atoms. The van der Waals surface area contributed by atoms with Crippen LogP contribution in [0.5, 0.6) is 0 Å². The Bertz CT molecular complexity index is 465. The summed E-state index contributed by atoms with van der Waals surface area (Å²) in [6.07, 6.45) is 1.50. The number of nitrogens with zero attached hydrogens (tertiary/aromatic N) is 1. The number of carboxylic acid groups (broad SMARTS) is 1. The molecule has 2 heterocycles. The maximum absolute atomic E-state index is 11.5. The van der Waals surface area contributed by atoms with Crippen molar-refractivity contribution in [2.75, 3.05) is 5.75 Å². The van der Waals surface area contributed by atoms with Crippen molar-refractivity contribution in [3.05, 3.63) is 23.7 Å². The highest BCUT2D eigenvalue weighted by atomic mass is 32.2. The van der Waals surface area contributed by atoms with Crippen molar-refractivity contribution >= 4 is 28.9 Å². The Hall–Kier alpha value is -1.76. The molecule has 6 nitrogen and oxygen atoms in total. The Morgan fingerprint density at radius 1 is 1.53 bits per heavy atom. The van der Waals surface area contributed by atoms with E-state index in [1.165, 1.54) is 12.3 Å². The second kappa shape index (κ2) is 4.62. The molecule has 0 unspecified atom stereocenters. The van der Waals surface area contributed by atoms with Gasteiger partial charge in [-0.2, -0.15) is 0 Å². The van der Waals surface area contributed by atoms with Crippen LogP contribution in [0.15, 0.2) is 16.7 Å². The summed E-state index contributed by atoms with van der Waals surface area (Å²) in [7, 11) is 0. The lowest BCUT2D eigenvalue weighted by molar-refractivity contribution is -0.128. The molecule has 90 valence electrons. The molecule has 0 radical (unpaired) electrons. The molecule has 1 aromatic rings. The summed E-state index contributed by atoms with van der Waals surface area (Å²) in [5.41, 5.74) is -0.0267. The lowest BCUT2D eigenvalue weighted by atomic mass is 10.2. The van der Waals surface area contributed by atoms with E-state index in [2.05, 4.69) is 0 Å². The fraction of sp³-hybridized carbons (Fsp3) is 0.300. The zero-order valence-electron chi connectivity index (χ0n) is 8.71. The number of hydrogen-bond acceptors (Lipinski definition) is 5. The van der Waals surface area contributed by atoms with Gasteiger partial charge in [0.15, 0.2) is 0 Å². The number of furan rings is 1. The number of amides is 2. The minimum atomic E-state index is -1.14. The van der Waals surface area contributed by atoms with Gasteiger partial charge in [-0.25, -0.2) is 4.79 Å². The van der Waals surface area contributed by atoms with Crippen LogP contribution in [0.1, 0.15) is 22.5 Å². The van der Waals surface area contributed by atoms with Gasteiger partial charge in [-0.15, -0.1) is 0 Å². The summed E-state index contributed by atoms with van der Waals surface area (Å²) >= 11 is 1.04. The third-order valence-corrected chi connectivity index (χ3v) is 3.22. The molecule has 2 amide bonds. The number of hydrogen-bond donors (Lipinski definition) is 1. The van der Waals surface area contributed by atoms with Crippen LogP contribution >= 0.6 is 11.8 Å². The largest absolute Gasteiger partial charge is 0.478 e. The molecule has 0 saturated carbocycles. The van der Waals surface area contributed by atoms with Crippen molar-refractivity contribution in [2.45, 2.75) is 13.0 Å². The Morgan fingerprint density at radius 3 is 2.94 bits per heavy atom. The van der Waals surface area contributed by atoms with E-state index in [1.54, 1.807) is 0 Å². The SMILES string of the molecule is O=C(O)c1ccoc1CN1C(=O)CCSC1=O. The first-order valence-electron chi connectivity index (χ1n) is 4.86. The van der Waals surface area contributed by atoms with E-state index >= 15 is 0 Å². The van der Waals surface area contributed by atoms with Gasteiger partial charge in [0.1, 0.15) is 11.3 Å². The fourth-order valence-corrected chi connectivity index (χ4v) is 2.26. The molecule has 17 heavy (non-hydrogen) atoms. The summed E-state index contributed by atoms with van der Waals surface area (Å²) in [6.45, 7) is -0.126. The highest BCUT2D eigenvalue weighted by Crippen LogP contribution is 2.22. The van der Waals surface area contributed by atoms with Gasteiger partial charge in [0.25, 0.3) is 5.24 Å². The Balaban J connectivity index is 2.19. The first kappa shape index (κ1) is 11.7. The normalized spacial score (nSPS) is 16.4. The summed E-state index contributed by atoms with van der Waals surface area (Å²) in [4.78, 5) is 34.9. The second-order valence-electron chi connectivity index (χ2n) is 3.41. The number of aromatic carboxylic acids is 1. The quantitative estimate of drug-likeness (QED) is 0.881. The topological polar surface area (TPSA) is 87.8 Å². The van der Waals surface area contributed by atoms with Crippen LogP contribution in [0, 0.1) is 0 Å². The van der Waals surface area contributed by atoms with Crippen molar-refractivity contribution < 1.29 is 23.9 Å². The van der Waals surface area contributed by atoms with Crippen LogP contribution in [0.4, 0.5) is 4.79 Å². The molecule has 0 atom stereocenters. The molecule has 0 aliphatic carbocycles. The van der Waals surface area contributed by atoms with Crippen LogP contribution in [-0.4, -0.2) is 32.9 Å². The summed E-state index contributed by atoms with van der Waals surface area (Å²) in [5, 5.41) is 8.50. The van der Waals surface area contributed by atoms with Crippen molar-refractivity contribution in [1.29, 1.82) is 0 Å². The number of imide groups is 1. The van der Waals surface area contributed by atoms with E-state index < -0.39 is 5.97 Å². The average molecular weight is 255 g/mol. The van der Waals surface area contributed by atoms with Crippen molar-refractivity contribution in [2.24, 2.45) is 0 Å². The summed E-state index contributed by atoms with van der Waals surface area (Å²) in [6, 6.07) is 1.30. The lowest BCUT2D eigenvalue weighted by Gasteiger charge is -2.23. The molecule has 0 aromatic carbocycles. The third-order valence-electron chi connectivity index (χ3n) is 2.34. The minimum Gasteiger partial charge on any atom is -0.478 e. The number of carbonyl (C=O) groups excluding carboxylic acids is 2. The van der Waals surface area contributed by atoms with Crippen molar-refractivity contribution in [3.63, 3.8) is 0 Å². The monoisotopic (exact) mass is 255 g/mol. The van der Waals surface area contributed by atoms with Crippen LogP contribution in [-0.2, 0) is 11.3 Å². The van der Waals surface area contributed by atoms with Crippen molar-refractivity contribution in [1.82, 2.24) is 4.90 Å². The number of carbonyl (C=O) groups is 3. The standard InChI is InChI=1S/C10H9NO5S/c12-8-2-4-17-10(15)11(8)5-7-6(9(13)14)1-3-16-7/h1,3H,2,4-5H2,(H,13,14). The summed E-state index contributed by atoms with van der Waals surface area (Å²) < 4.78 is 4.99. The smallest absolute Gasteiger partial charge is 0.339 e. The highest BCUT2D eigenvalue weighted by Gasteiger charge is 2.29. The first-order chi connectivity index (χ1) is 8.09. The number of thioether (sulfide) groups is 1.